The van der Waals surface area contributed by atoms with Crippen molar-refractivity contribution >= 4 is 17.5 Å². The van der Waals surface area contributed by atoms with Gasteiger partial charge in [0.05, 0.1) is 0 Å². The van der Waals surface area contributed by atoms with E-state index in [1.165, 1.54) is 13.0 Å². The number of ether oxygens (including phenoxy) is 1. The molecular formula is C18H18ClN3O2. The molecule has 1 amide bonds. The molecule has 6 heteroatoms. The van der Waals surface area contributed by atoms with Crippen molar-refractivity contribution in [2.75, 3.05) is 19.6 Å². The van der Waals surface area contributed by atoms with Crippen LogP contribution in [0.25, 0.3) is 0 Å². The zero-order chi connectivity index (χ0) is 16.5. The van der Waals surface area contributed by atoms with Crippen molar-refractivity contribution in [2.24, 2.45) is 5.92 Å². The minimum absolute atomic E-state index is 0.0313. The van der Waals surface area contributed by atoms with Gasteiger partial charge in [-0.25, -0.2) is 4.98 Å². The lowest BCUT2D eigenvalue weighted by atomic mass is 9.99. The molecule has 124 valence electrons. The van der Waals surface area contributed by atoms with E-state index in [9.17, 15) is 4.79 Å². The van der Waals surface area contributed by atoms with Crippen LogP contribution < -0.4 is 10.1 Å². The molecule has 0 aliphatic carbocycles. The zero-order valence-corrected chi connectivity index (χ0v) is 13.9. The largest absolute Gasteiger partial charge is 0.438 e. The maximum absolute atomic E-state index is 12.4. The summed E-state index contributed by atoms with van der Waals surface area (Å²) in [5, 5.41) is 3.60. The zero-order valence-electron chi connectivity index (χ0n) is 13.1. The Morgan fingerprint density at radius 1 is 1.25 bits per heavy atom. The molecule has 2 aliphatic rings. The molecule has 2 aliphatic heterocycles. The molecule has 1 aromatic heterocycles. The number of halogens is 1. The Bertz CT molecular complexity index is 750. The van der Waals surface area contributed by atoms with E-state index >= 15 is 0 Å². The number of pyridine rings is 1. The normalized spacial score (nSPS) is 24.8. The van der Waals surface area contributed by atoms with Crippen LogP contribution in [0.3, 0.4) is 0 Å². The lowest BCUT2D eigenvalue weighted by Crippen LogP contribution is -2.43. The second kappa shape index (κ2) is 6.42. The number of aromatic nitrogens is 1. The van der Waals surface area contributed by atoms with Crippen molar-refractivity contribution < 1.29 is 9.53 Å². The Hall–Kier alpha value is -2.11. The second-order valence-electron chi connectivity index (χ2n) is 6.31. The Morgan fingerprint density at radius 3 is 2.75 bits per heavy atom. The van der Waals surface area contributed by atoms with Gasteiger partial charge in [0.2, 0.25) is 5.88 Å². The van der Waals surface area contributed by atoms with E-state index < -0.39 is 0 Å². The number of carbonyl (C=O) groups is 1. The molecule has 5 nitrogen and oxygen atoms in total. The summed E-state index contributed by atoms with van der Waals surface area (Å²) < 4.78 is 5.64. The number of benzene rings is 1. The van der Waals surface area contributed by atoms with Crippen LogP contribution in [0.4, 0.5) is 0 Å². The summed E-state index contributed by atoms with van der Waals surface area (Å²) in [6.45, 7) is 3.25. The van der Waals surface area contributed by atoms with Crippen molar-refractivity contribution in [1.29, 1.82) is 0 Å². The van der Waals surface area contributed by atoms with Crippen LogP contribution in [0, 0.1) is 5.92 Å². The first-order chi connectivity index (χ1) is 11.7. The Labute approximate surface area is 145 Å². The molecule has 0 saturated carbocycles. The lowest BCUT2D eigenvalue weighted by Gasteiger charge is -2.23. The summed E-state index contributed by atoms with van der Waals surface area (Å²) in [7, 11) is 0. The van der Waals surface area contributed by atoms with Gasteiger partial charge < -0.3 is 15.0 Å². The average molecular weight is 344 g/mol. The summed E-state index contributed by atoms with van der Waals surface area (Å²) in [4.78, 5) is 18.9. The standard InChI is InChI=1S/C18H18ClN3O2/c19-15-2-1-8-20-18(15)24-14-5-3-12(4-6-14)17(23)21-16-11-22-9-7-13(16)10-22/h1-6,8,13,16H,7,9-11H2,(H,21,23)/t13-,16?/m0/s1. The van der Waals surface area contributed by atoms with Gasteiger partial charge in [-0.3, -0.25) is 4.79 Å². The van der Waals surface area contributed by atoms with E-state index in [0.29, 0.717) is 28.1 Å². The lowest BCUT2D eigenvalue weighted by molar-refractivity contribution is 0.0924. The molecule has 4 rings (SSSR count). The molecule has 2 saturated heterocycles. The minimum atomic E-state index is -0.0313. The van der Waals surface area contributed by atoms with Gasteiger partial charge in [0.25, 0.3) is 5.91 Å². The van der Waals surface area contributed by atoms with E-state index in [1.54, 1.807) is 42.6 Å². The fourth-order valence-corrected chi connectivity index (χ4v) is 3.59. The number of rotatable bonds is 4. The number of nitrogens with zero attached hydrogens (tertiary/aromatic N) is 2. The number of hydrogen-bond acceptors (Lipinski definition) is 4. The summed E-state index contributed by atoms with van der Waals surface area (Å²) >= 11 is 6.03. The first-order valence-corrected chi connectivity index (χ1v) is 8.48. The van der Waals surface area contributed by atoms with Crippen molar-refractivity contribution in [3.63, 3.8) is 0 Å². The molecule has 1 aromatic carbocycles. The quantitative estimate of drug-likeness (QED) is 0.927. The van der Waals surface area contributed by atoms with Crippen LogP contribution in [-0.2, 0) is 0 Å². The monoisotopic (exact) mass is 343 g/mol. The number of piperidine rings is 1. The van der Waals surface area contributed by atoms with Gasteiger partial charge in [-0.15, -0.1) is 0 Å². The number of nitrogens with one attached hydrogen (secondary N) is 1. The van der Waals surface area contributed by atoms with Gasteiger partial charge in [-0.1, -0.05) is 11.6 Å². The average Bonchev–Trinajstić information content (AvgIpc) is 3.20. The molecule has 2 fully saturated rings. The minimum Gasteiger partial charge on any atom is -0.438 e. The summed E-state index contributed by atoms with van der Waals surface area (Å²) in [6, 6.07) is 10.8. The van der Waals surface area contributed by atoms with E-state index in [2.05, 4.69) is 15.2 Å². The smallest absolute Gasteiger partial charge is 0.251 e. The summed E-state index contributed by atoms with van der Waals surface area (Å²) in [5.74, 6) is 1.52. The van der Waals surface area contributed by atoms with E-state index in [-0.39, 0.29) is 11.9 Å². The van der Waals surface area contributed by atoms with Gasteiger partial charge in [0.15, 0.2) is 0 Å². The maximum atomic E-state index is 12.4. The molecule has 1 N–H and O–H groups in total. The predicted octanol–water partition coefficient (Wildman–Crippen LogP) is 2.96. The van der Waals surface area contributed by atoms with Crippen LogP contribution in [0.2, 0.25) is 5.02 Å². The Kier molecular flexibility index (Phi) is 4.12. The summed E-state index contributed by atoms with van der Waals surface area (Å²) in [5.41, 5.74) is 0.632. The van der Waals surface area contributed by atoms with Gasteiger partial charge in [-0.2, -0.15) is 0 Å². The van der Waals surface area contributed by atoms with Gasteiger partial charge >= 0.3 is 0 Å². The number of amides is 1. The van der Waals surface area contributed by atoms with Crippen molar-refractivity contribution in [2.45, 2.75) is 12.5 Å². The third-order valence-corrected chi connectivity index (χ3v) is 4.99. The Balaban J connectivity index is 1.40. The molecule has 3 atom stereocenters. The highest BCUT2D eigenvalue weighted by Gasteiger charge is 2.38. The first kappa shape index (κ1) is 15.4. The molecule has 2 bridgehead atoms. The highest BCUT2D eigenvalue weighted by molar-refractivity contribution is 6.31. The van der Waals surface area contributed by atoms with Crippen molar-refractivity contribution in [3.8, 4) is 11.6 Å². The molecule has 2 unspecified atom stereocenters. The molecule has 2 aromatic rings. The molecule has 0 radical (unpaired) electrons. The molecule has 0 spiro atoms. The highest BCUT2D eigenvalue weighted by Crippen LogP contribution is 2.28. The van der Waals surface area contributed by atoms with E-state index in [0.717, 1.165) is 13.1 Å². The van der Waals surface area contributed by atoms with Crippen LogP contribution in [0.15, 0.2) is 42.6 Å². The van der Waals surface area contributed by atoms with Crippen LogP contribution >= 0.6 is 11.6 Å². The number of hydrogen-bond donors (Lipinski definition) is 1. The van der Waals surface area contributed by atoms with E-state index in [1.807, 2.05) is 0 Å². The van der Waals surface area contributed by atoms with Gasteiger partial charge in [-0.05, 0) is 55.3 Å². The fraction of sp³-hybridized carbons (Fsp3) is 0.333. The number of fused-ring (bicyclic) bond motifs is 2. The van der Waals surface area contributed by atoms with Crippen LogP contribution in [0.5, 0.6) is 11.6 Å². The van der Waals surface area contributed by atoms with Crippen molar-refractivity contribution in [3.05, 3.63) is 53.2 Å². The summed E-state index contributed by atoms with van der Waals surface area (Å²) in [6.07, 6.45) is 2.80. The van der Waals surface area contributed by atoms with Crippen molar-refractivity contribution in [1.82, 2.24) is 15.2 Å². The SMILES string of the molecule is O=C(NC1CN2CC[C@H]1C2)c1ccc(Oc2ncccc2Cl)cc1. The fourth-order valence-electron chi connectivity index (χ4n) is 3.43. The Morgan fingerprint density at radius 2 is 2.08 bits per heavy atom. The van der Waals surface area contributed by atoms with Crippen LogP contribution in [0.1, 0.15) is 16.8 Å². The first-order valence-electron chi connectivity index (χ1n) is 8.11. The van der Waals surface area contributed by atoms with Gasteiger partial charge in [0, 0.05) is 30.9 Å². The third kappa shape index (κ3) is 3.09. The molecule has 3 heterocycles. The second-order valence-corrected chi connectivity index (χ2v) is 6.71. The van der Waals surface area contributed by atoms with Gasteiger partial charge in [0.1, 0.15) is 10.8 Å². The topological polar surface area (TPSA) is 54.5 Å². The number of carbonyl (C=O) groups excluding carboxylic acids is 1. The highest BCUT2D eigenvalue weighted by atomic mass is 35.5. The predicted molar refractivity (Wildman–Crippen MR) is 91.6 cm³/mol. The van der Waals surface area contributed by atoms with Crippen LogP contribution in [-0.4, -0.2) is 41.5 Å². The maximum Gasteiger partial charge on any atom is 0.251 e. The molecular weight excluding hydrogens is 326 g/mol. The molecule has 24 heavy (non-hydrogen) atoms. The van der Waals surface area contributed by atoms with E-state index in [4.69, 9.17) is 16.3 Å². The third-order valence-electron chi connectivity index (χ3n) is 4.70.